The first-order chi connectivity index (χ1) is 14.7. The molecule has 0 N–H and O–H groups in total. The summed E-state index contributed by atoms with van der Waals surface area (Å²) in [6.45, 7) is 0.715. The molecule has 6 rings (SSSR count). The maximum absolute atomic E-state index is 14.0. The molecule has 1 aromatic carbocycles. The van der Waals surface area contributed by atoms with Gasteiger partial charge in [-0.2, -0.15) is 0 Å². The van der Waals surface area contributed by atoms with Crippen LogP contribution in [0.4, 0.5) is 4.39 Å². The molecular weight excluding hydrogens is 395 g/mol. The highest BCUT2D eigenvalue weighted by Crippen LogP contribution is 2.60. The largest absolute Gasteiger partial charge is 0.345 e. The van der Waals surface area contributed by atoms with E-state index in [2.05, 4.69) is 0 Å². The smallest absolute Gasteiger partial charge is 0.240 e. The summed E-state index contributed by atoms with van der Waals surface area (Å²) >= 11 is 0. The van der Waals surface area contributed by atoms with E-state index in [0.29, 0.717) is 12.1 Å². The molecule has 4 aliphatic carbocycles. The summed E-state index contributed by atoms with van der Waals surface area (Å²) in [6.07, 6.45) is 7.45. The van der Waals surface area contributed by atoms with Crippen LogP contribution >= 0.6 is 0 Å². The zero-order valence-electron chi connectivity index (χ0n) is 18.4. The second kappa shape index (κ2) is 7.14. The minimum absolute atomic E-state index is 0.0945. The Morgan fingerprint density at radius 2 is 1.74 bits per heavy atom. The monoisotopic (exact) mass is 426 g/mol. The second-order valence-corrected chi connectivity index (χ2v) is 10.9. The molecule has 5 nitrogen and oxygen atoms in total. The van der Waals surface area contributed by atoms with Crippen LogP contribution in [-0.2, 0) is 19.8 Å². The molecule has 0 aromatic heterocycles. The van der Waals surface area contributed by atoms with E-state index >= 15 is 0 Å². The quantitative estimate of drug-likeness (QED) is 0.677. The number of hydrogen-bond donors (Lipinski definition) is 0. The van der Waals surface area contributed by atoms with Gasteiger partial charge in [-0.15, -0.1) is 0 Å². The normalized spacial score (nSPS) is 36.4. The lowest BCUT2D eigenvalue weighted by Gasteiger charge is -2.57. The van der Waals surface area contributed by atoms with Crippen LogP contribution in [0, 0.1) is 29.0 Å². The van der Waals surface area contributed by atoms with E-state index < -0.39 is 17.1 Å². The second-order valence-electron chi connectivity index (χ2n) is 10.9. The number of likely N-dealkylation sites (tertiary alicyclic amines) is 1. The Balaban J connectivity index is 1.38. The first-order valence-corrected chi connectivity index (χ1v) is 11.5. The molecular formula is C25H31FN2O3. The number of benzene rings is 1. The molecule has 4 bridgehead atoms. The molecule has 1 aromatic rings. The third-order valence-corrected chi connectivity index (χ3v) is 8.53. The van der Waals surface area contributed by atoms with Gasteiger partial charge in [-0.25, -0.2) is 4.39 Å². The average molecular weight is 427 g/mol. The van der Waals surface area contributed by atoms with Crippen LogP contribution in [0.1, 0.15) is 56.9 Å². The summed E-state index contributed by atoms with van der Waals surface area (Å²) < 4.78 is 14.0. The van der Waals surface area contributed by atoms with Gasteiger partial charge in [-0.3, -0.25) is 19.3 Å². The lowest BCUT2D eigenvalue weighted by atomic mass is 9.49. The summed E-state index contributed by atoms with van der Waals surface area (Å²) in [5.74, 6) is 1.05. The SMILES string of the molecule is CN(CC12CC3CC(CC(C3)C1)C2)C(=O)CC1(c2cccc(F)c2)CC(=O)N(C)C1=O. The minimum Gasteiger partial charge on any atom is -0.345 e. The van der Waals surface area contributed by atoms with Crippen molar-refractivity contribution in [2.24, 2.45) is 23.2 Å². The Kier molecular flexibility index (Phi) is 4.76. The van der Waals surface area contributed by atoms with Gasteiger partial charge in [0.05, 0.1) is 5.41 Å². The lowest BCUT2D eigenvalue weighted by molar-refractivity contribution is -0.142. The van der Waals surface area contributed by atoms with Crippen molar-refractivity contribution in [2.75, 3.05) is 20.6 Å². The van der Waals surface area contributed by atoms with Gasteiger partial charge in [0.25, 0.3) is 0 Å². The fourth-order valence-electron chi connectivity index (χ4n) is 7.61. The van der Waals surface area contributed by atoms with E-state index in [-0.39, 0.29) is 30.1 Å². The molecule has 5 aliphatic rings. The summed E-state index contributed by atoms with van der Waals surface area (Å²) in [5, 5.41) is 0. The van der Waals surface area contributed by atoms with E-state index in [0.717, 1.165) is 22.7 Å². The Morgan fingerprint density at radius 1 is 1.13 bits per heavy atom. The molecule has 1 unspecified atom stereocenters. The van der Waals surface area contributed by atoms with Gasteiger partial charge in [-0.1, -0.05) is 12.1 Å². The van der Waals surface area contributed by atoms with Gasteiger partial charge in [0.15, 0.2) is 0 Å². The van der Waals surface area contributed by atoms with Gasteiger partial charge >= 0.3 is 0 Å². The van der Waals surface area contributed by atoms with Crippen LogP contribution in [-0.4, -0.2) is 48.2 Å². The average Bonchev–Trinajstić information content (AvgIpc) is 2.91. The number of carbonyl (C=O) groups is 3. The Hall–Kier alpha value is -2.24. The van der Waals surface area contributed by atoms with Crippen LogP contribution in [0.2, 0.25) is 0 Å². The summed E-state index contributed by atoms with van der Waals surface area (Å²) in [7, 11) is 3.26. The molecule has 5 fully saturated rings. The van der Waals surface area contributed by atoms with Crippen molar-refractivity contribution in [3.05, 3.63) is 35.6 Å². The third kappa shape index (κ3) is 3.39. The van der Waals surface area contributed by atoms with Crippen LogP contribution < -0.4 is 0 Å². The van der Waals surface area contributed by atoms with Crippen molar-refractivity contribution in [3.8, 4) is 0 Å². The van der Waals surface area contributed by atoms with Crippen LogP contribution in [0.25, 0.3) is 0 Å². The number of hydrogen-bond acceptors (Lipinski definition) is 3. The van der Waals surface area contributed by atoms with Crippen LogP contribution in [0.5, 0.6) is 0 Å². The van der Waals surface area contributed by atoms with Gasteiger partial charge in [-0.05, 0) is 79.4 Å². The number of rotatable bonds is 5. The van der Waals surface area contributed by atoms with Crippen molar-refractivity contribution in [1.29, 1.82) is 0 Å². The molecule has 166 valence electrons. The summed E-state index contributed by atoms with van der Waals surface area (Å²) in [5.41, 5.74) is -0.704. The first kappa shape index (κ1) is 20.7. The van der Waals surface area contributed by atoms with Crippen LogP contribution in [0.15, 0.2) is 24.3 Å². The highest BCUT2D eigenvalue weighted by atomic mass is 19.1. The van der Waals surface area contributed by atoms with E-state index in [1.54, 1.807) is 11.0 Å². The topological polar surface area (TPSA) is 57.7 Å². The molecule has 31 heavy (non-hydrogen) atoms. The molecule has 1 aliphatic heterocycles. The van der Waals surface area contributed by atoms with Gasteiger partial charge in [0, 0.05) is 33.5 Å². The number of amides is 3. The zero-order chi connectivity index (χ0) is 22.0. The fraction of sp³-hybridized carbons (Fsp3) is 0.640. The first-order valence-electron chi connectivity index (χ1n) is 11.5. The van der Waals surface area contributed by atoms with E-state index in [1.165, 1.54) is 63.8 Å². The molecule has 0 radical (unpaired) electrons. The predicted octanol–water partition coefficient (Wildman–Crippen LogP) is 3.52. The van der Waals surface area contributed by atoms with Gasteiger partial charge in [0.1, 0.15) is 5.82 Å². The molecule has 3 amide bonds. The van der Waals surface area contributed by atoms with Crippen molar-refractivity contribution < 1.29 is 18.8 Å². The maximum Gasteiger partial charge on any atom is 0.240 e. The van der Waals surface area contributed by atoms with Crippen molar-refractivity contribution in [1.82, 2.24) is 9.80 Å². The number of imide groups is 1. The standard InChI is InChI=1S/C25H31FN2O3/c1-27(15-24-10-16-6-17(11-24)8-18(7-16)12-24)21(29)13-25(14-22(30)28(2)23(25)31)19-4-3-5-20(26)9-19/h3-5,9,16-18H,6-8,10-15H2,1-2H3. The fourth-order valence-corrected chi connectivity index (χ4v) is 7.61. The van der Waals surface area contributed by atoms with E-state index in [4.69, 9.17) is 0 Å². The number of carbonyl (C=O) groups excluding carboxylic acids is 3. The molecule has 1 heterocycles. The van der Waals surface area contributed by atoms with Gasteiger partial charge < -0.3 is 4.90 Å². The molecule has 1 atom stereocenters. The Bertz CT molecular complexity index is 909. The van der Waals surface area contributed by atoms with Crippen molar-refractivity contribution in [3.63, 3.8) is 0 Å². The predicted molar refractivity (Wildman–Crippen MR) is 113 cm³/mol. The molecule has 1 saturated heterocycles. The zero-order valence-corrected chi connectivity index (χ0v) is 18.4. The highest BCUT2D eigenvalue weighted by Gasteiger charge is 2.54. The maximum atomic E-state index is 14.0. The number of nitrogens with zero attached hydrogens (tertiary/aromatic N) is 2. The molecule has 4 saturated carbocycles. The number of halogens is 1. The minimum atomic E-state index is -1.32. The molecule has 6 heteroatoms. The Morgan fingerprint density at radius 3 is 2.26 bits per heavy atom. The lowest BCUT2D eigenvalue weighted by Crippen LogP contribution is -2.52. The van der Waals surface area contributed by atoms with E-state index in [1.807, 2.05) is 7.05 Å². The van der Waals surface area contributed by atoms with Crippen molar-refractivity contribution >= 4 is 17.7 Å². The van der Waals surface area contributed by atoms with Crippen LogP contribution in [0.3, 0.4) is 0 Å². The Labute approximate surface area is 183 Å². The number of likely N-dealkylation sites (N-methyl/N-ethyl adjacent to an activating group) is 1. The summed E-state index contributed by atoms with van der Waals surface area (Å²) in [4.78, 5) is 41.8. The van der Waals surface area contributed by atoms with Gasteiger partial charge in [0.2, 0.25) is 17.7 Å². The highest BCUT2D eigenvalue weighted by molar-refractivity contribution is 6.10. The summed E-state index contributed by atoms with van der Waals surface area (Å²) in [6, 6.07) is 5.78. The molecule has 0 spiro atoms. The van der Waals surface area contributed by atoms with E-state index in [9.17, 15) is 18.8 Å². The third-order valence-electron chi connectivity index (χ3n) is 8.53. The van der Waals surface area contributed by atoms with Crippen molar-refractivity contribution in [2.45, 2.75) is 56.8 Å².